The van der Waals surface area contributed by atoms with Gasteiger partial charge in [0.2, 0.25) is 0 Å². The molecule has 0 fully saturated rings. The van der Waals surface area contributed by atoms with Crippen molar-refractivity contribution in [1.29, 1.82) is 0 Å². The number of phenolic OH excluding ortho intramolecular Hbond substituents is 1. The number of methoxy groups -OCH3 is 1. The van der Waals surface area contributed by atoms with Crippen molar-refractivity contribution in [1.82, 2.24) is 0 Å². The first-order valence-electron chi connectivity index (χ1n) is 4.12. The first-order chi connectivity index (χ1) is 7.57. The molecule has 0 radical (unpaired) electrons. The molecule has 1 aromatic rings. The molecule has 0 saturated carbocycles. The second-order valence-electron chi connectivity index (χ2n) is 3.07. The van der Waals surface area contributed by atoms with Crippen LogP contribution in [0.15, 0.2) is 12.1 Å². The summed E-state index contributed by atoms with van der Waals surface area (Å²) in [7, 11) is 0.857. The van der Waals surface area contributed by atoms with Crippen LogP contribution < -0.4 is 4.74 Å². The van der Waals surface area contributed by atoms with Gasteiger partial charge in [0.1, 0.15) is 5.56 Å². The SMILES string of the molecule is COc1cc(C(F)(F)F)cc(C(F)(F)F)c1O. The summed E-state index contributed by atoms with van der Waals surface area (Å²) in [5.41, 5.74) is -3.33. The number of hydrogen-bond donors (Lipinski definition) is 1. The summed E-state index contributed by atoms with van der Waals surface area (Å²) in [5, 5.41) is 9.10. The van der Waals surface area contributed by atoms with Gasteiger partial charge in [0.05, 0.1) is 12.7 Å². The quantitative estimate of drug-likeness (QED) is 0.784. The fraction of sp³-hybridized carbons (Fsp3) is 0.333. The molecular weight excluding hydrogens is 254 g/mol. The van der Waals surface area contributed by atoms with Gasteiger partial charge < -0.3 is 9.84 Å². The number of rotatable bonds is 1. The lowest BCUT2D eigenvalue weighted by Crippen LogP contribution is -2.11. The number of halogens is 6. The zero-order valence-corrected chi connectivity index (χ0v) is 8.28. The molecule has 2 nitrogen and oxygen atoms in total. The van der Waals surface area contributed by atoms with Gasteiger partial charge in [-0.15, -0.1) is 0 Å². The monoisotopic (exact) mass is 260 g/mol. The summed E-state index contributed by atoms with van der Waals surface area (Å²) in [6.07, 6.45) is -10.1. The van der Waals surface area contributed by atoms with Crippen LogP contribution in [0.3, 0.4) is 0 Å². The van der Waals surface area contributed by atoms with E-state index in [1.54, 1.807) is 0 Å². The Morgan fingerprint density at radius 1 is 1.00 bits per heavy atom. The number of hydrogen-bond acceptors (Lipinski definition) is 2. The summed E-state index contributed by atoms with van der Waals surface area (Å²) < 4.78 is 78.2. The number of alkyl halides is 6. The van der Waals surface area contributed by atoms with Crippen LogP contribution in [0, 0.1) is 0 Å². The molecule has 96 valence electrons. The first-order valence-corrected chi connectivity index (χ1v) is 4.12. The van der Waals surface area contributed by atoms with Gasteiger partial charge in [-0.05, 0) is 12.1 Å². The maximum Gasteiger partial charge on any atom is 0.420 e. The maximum atomic E-state index is 12.4. The molecule has 0 aliphatic carbocycles. The Hall–Kier alpha value is -1.60. The van der Waals surface area contributed by atoms with Gasteiger partial charge in [0.25, 0.3) is 0 Å². The third-order valence-electron chi connectivity index (χ3n) is 1.93. The molecule has 0 aliphatic heterocycles. The van der Waals surface area contributed by atoms with Crippen LogP contribution in [0.4, 0.5) is 26.3 Å². The van der Waals surface area contributed by atoms with Crippen molar-refractivity contribution < 1.29 is 36.2 Å². The number of benzene rings is 1. The Balaban J connectivity index is 3.50. The van der Waals surface area contributed by atoms with Gasteiger partial charge in [-0.1, -0.05) is 0 Å². The van der Waals surface area contributed by atoms with E-state index < -0.39 is 35.0 Å². The van der Waals surface area contributed by atoms with E-state index in [2.05, 4.69) is 4.74 Å². The lowest BCUT2D eigenvalue weighted by Gasteiger charge is -2.15. The smallest absolute Gasteiger partial charge is 0.420 e. The minimum Gasteiger partial charge on any atom is -0.504 e. The minimum absolute atomic E-state index is 0.169. The molecule has 0 aromatic heterocycles. The second-order valence-corrected chi connectivity index (χ2v) is 3.07. The van der Waals surface area contributed by atoms with Gasteiger partial charge >= 0.3 is 12.4 Å². The molecular formula is C9H6F6O2. The van der Waals surface area contributed by atoms with E-state index in [4.69, 9.17) is 5.11 Å². The topological polar surface area (TPSA) is 29.5 Å². The Morgan fingerprint density at radius 2 is 1.53 bits per heavy atom. The summed E-state index contributed by atoms with van der Waals surface area (Å²) in [6, 6.07) is 0.127. The van der Waals surface area contributed by atoms with Gasteiger partial charge in [-0.2, -0.15) is 26.3 Å². The van der Waals surface area contributed by atoms with Crippen molar-refractivity contribution in [3.05, 3.63) is 23.3 Å². The molecule has 1 aromatic carbocycles. The van der Waals surface area contributed by atoms with E-state index in [1.165, 1.54) is 0 Å². The molecule has 0 saturated heterocycles. The van der Waals surface area contributed by atoms with Crippen molar-refractivity contribution in [3.63, 3.8) is 0 Å². The molecule has 1 rings (SSSR count). The molecule has 0 aliphatic rings. The minimum atomic E-state index is -5.10. The summed E-state index contributed by atoms with van der Waals surface area (Å²) in [4.78, 5) is 0. The lowest BCUT2D eigenvalue weighted by molar-refractivity contribution is -0.144. The Bertz CT molecular complexity index is 421. The van der Waals surface area contributed by atoms with Crippen molar-refractivity contribution in [3.8, 4) is 11.5 Å². The predicted molar refractivity (Wildman–Crippen MR) is 44.7 cm³/mol. The third-order valence-corrected chi connectivity index (χ3v) is 1.93. The van der Waals surface area contributed by atoms with Crippen LogP contribution in [-0.2, 0) is 12.4 Å². The van der Waals surface area contributed by atoms with E-state index >= 15 is 0 Å². The molecule has 0 unspecified atom stereocenters. The third kappa shape index (κ3) is 2.75. The van der Waals surface area contributed by atoms with Crippen LogP contribution in [-0.4, -0.2) is 12.2 Å². The second kappa shape index (κ2) is 4.01. The standard InChI is InChI=1S/C9H6F6O2/c1-17-6-3-4(8(10,11)12)2-5(7(6)16)9(13,14)15/h2-3,16H,1H3. The highest BCUT2D eigenvalue weighted by atomic mass is 19.4. The largest absolute Gasteiger partial charge is 0.504 e. The van der Waals surface area contributed by atoms with Gasteiger partial charge in [0, 0.05) is 0 Å². The molecule has 1 N–H and O–H groups in total. The van der Waals surface area contributed by atoms with E-state index in [-0.39, 0.29) is 6.07 Å². The van der Waals surface area contributed by atoms with Crippen LogP contribution in [0.2, 0.25) is 0 Å². The Labute approximate surface area is 91.4 Å². The zero-order valence-electron chi connectivity index (χ0n) is 8.28. The predicted octanol–water partition coefficient (Wildman–Crippen LogP) is 3.44. The Kier molecular flexibility index (Phi) is 3.17. The van der Waals surface area contributed by atoms with Crippen LogP contribution in [0.5, 0.6) is 11.5 Å². The molecule has 0 spiro atoms. The summed E-state index contributed by atoms with van der Waals surface area (Å²) in [6.45, 7) is 0. The fourth-order valence-corrected chi connectivity index (χ4v) is 1.14. The average molecular weight is 260 g/mol. The molecule has 8 heteroatoms. The normalized spacial score (nSPS) is 12.6. The Morgan fingerprint density at radius 3 is 1.88 bits per heavy atom. The van der Waals surface area contributed by atoms with Crippen molar-refractivity contribution in [2.75, 3.05) is 7.11 Å². The van der Waals surface area contributed by atoms with E-state index in [0.29, 0.717) is 6.07 Å². The van der Waals surface area contributed by atoms with Crippen molar-refractivity contribution in [2.45, 2.75) is 12.4 Å². The molecule has 17 heavy (non-hydrogen) atoms. The van der Waals surface area contributed by atoms with Gasteiger partial charge in [-0.25, -0.2) is 0 Å². The lowest BCUT2D eigenvalue weighted by atomic mass is 10.1. The fourth-order valence-electron chi connectivity index (χ4n) is 1.14. The number of aromatic hydroxyl groups is 1. The van der Waals surface area contributed by atoms with E-state index in [1.807, 2.05) is 0 Å². The number of phenols is 1. The average Bonchev–Trinajstić information content (AvgIpc) is 2.14. The van der Waals surface area contributed by atoms with E-state index in [9.17, 15) is 26.3 Å². The maximum absolute atomic E-state index is 12.4. The first kappa shape index (κ1) is 13.5. The van der Waals surface area contributed by atoms with Crippen LogP contribution >= 0.6 is 0 Å². The van der Waals surface area contributed by atoms with Crippen LogP contribution in [0.1, 0.15) is 11.1 Å². The van der Waals surface area contributed by atoms with E-state index in [0.717, 1.165) is 7.11 Å². The van der Waals surface area contributed by atoms with Crippen molar-refractivity contribution >= 4 is 0 Å². The van der Waals surface area contributed by atoms with Gasteiger partial charge in [0.15, 0.2) is 11.5 Å². The highest BCUT2D eigenvalue weighted by Crippen LogP contribution is 2.44. The van der Waals surface area contributed by atoms with Crippen molar-refractivity contribution in [2.24, 2.45) is 0 Å². The molecule has 0 atom stereocenters. The molecule has 0 bridgehead atoms. The molecule has 0 heterocycles. The van der Waals surface area contributed by atoms with Crippen LogP contribution in [0.25, 0.3) is 0 Å². The summed E-state index contributed by atoms with van der Waals surface area (Å²) >= 11 is 0. The highest BCUT2D eigenvalue weighted by molar-refractivity contribution is 5.50. The number of ether oxygens (including phenoxy) is 1. The molecule has 0 amide bonds. The zero-order chi connectivity index (χ0) is 13.4. The van der Waals surface area contributed by atoms with Gasteiger partial charge in [-0.3, -0.25) is 0 Å². The summed E-state index contributed by atoms with van der Waals surface area (Å²) in [5.74, 6) is -2.25. The highest BCUT2D eigenvalue weighted by Gasteiger charge is 2.40.